The molecule has 0 atom stereocenters. The average Bonchev–Trinajstić information content (AvgIpc) is 2.67. The topological polar surface area (TPSA) is 85.4 Å². The largest absolute Gasteiger partial charge is 0.371 e. The van der Waals surface area contributed by atoms with Gasteiger partial charge in [-0.1, -0.05) is 23.2 Å². The molecule has 0 aliphatic rings. The lowest BCUT2D eigenvalue weighted by Gasteiger charge is -2.24. The first-order chi connectivity index (χ1) is 13.3. The predicted octanol–water partition coefficient (Wildman–Crippen LogP) is 3.67. The zero-order chi connectivity index (χ0) is 20.7. The van der Waals surface area contributed by atoms with Gasteiger partial charge >= 0.3 is 6.03 Å². The minimum atomic E-state index is -0.218. The van der Waals surface area contributed by atoms with Crippen molar-refractivity contribution >= 4 is 52.4 Å². The van der Waals surface area contributed by atoms with Gasteiger partial charge in [-0.05, 0) is 45.3 Å². The highest BCUT2D eigenvalue weighted by Gasteiger charge is 2.19. The molecule has 10 heteroatoms. The third-order valence-electron chi connectivity index (χ3n) is 3.92. The Morgan fingerprint density at radius 2 is 1.89 bits per heavy atom. The van der Waals surface area contributed by atoms with Gasteiger partial charge in [0.25, 0.3) is 0 Å². The minimum absolute atomic E-state index is 0.218. The SMILES string of the molecule is CNC(=O)N(CCCN(C)C)c1cnc(Nc2ccc(Cl)c(Cl)c2)nc1NC. The summed E-state index contributed by atoms with van der Waals surface area (Å²) in [6.45, 7) is 1.40. The normalized spacial score (nSPS) is 10.7. The number of amides is 2. The molecule has 0 saturated heterocycles. The zero-order valence-corrected chi connectivity index (χ0v) is 17.9. The maximum absolute atomic E-state index is 12.4. The lowest BCUT2D eigenvalue weighted by atomic mass is 10.3. The molecule has 28 heavy (non-hydrogen) atoms. The summed E-state index contributed by atoms with van der Waals surface area (Å²) in [6.07, 6.45) is 2.43. The molecule has 0 aliphatic heterocycles. The van der Waals surface area contributed by atoms with Crippen molar-refractivity contribution in [1.29, 1.82) is 0 Å². The van der Waals surface area contributed by atoms with E-state index in [1.54, 1.807) is 43.4 Å². The molecule has 1 heterocycles. The van der Waals surface area contributed by atoms with E-state index in [9.17, 15) is 4.79 Å². The van der Waals surface area contributed by atoms with Gasteiger partial charge in [-0.15, -0.1) is 0 Å². The van der Waals surface area contributed by atoms with Gasteiger partial charge in [0.05, 0.1) is 16.2 Å². The lowest BCUT2D eigenvalue weighted by molar-refractivity contribution is 0.247. The summed E-state index contributed by atoms with van der Waals surface area (Å²) in [6, 6.07) is 4.95. The molecule has 0 saturated carbocycles. The molecule has 1 aromatic heterocycles. The summed E-state index contributed by atoms with van der Waals surface area (Å²) < 4.78 is 0. The van der Waals surface area contributed by atoms with Crippen LogP contribution in [0.2, 0.25) is 10.0 Å². The van der Waals surface area contributed by atoms with Crippen molar-refractivity contribution in [3.05, 3.63) is 34.4 Å². The molecule has 0 bridgehead atoms. The number of aromatic nitrogens is 2. The highest BCUT2D eigenvalue weighted by atomic mass is 35.5. The second kappa shape index (κ2) is 10.3. The van der Waals surface area contributed by atoms with Gasteiger partial charge in [0.1, 0.15) is 5.69 Å². The van der Waals surface area contributed by atoms with Gasteiger partial charge in [0.15, 0.2) is 5.82 Å². The number of anilines is 4. The summed E-state index contributed by atoms with van der Waals surface area (Å²) in [7, 11) is 7.34. The van der Waals surface area contributed by atoms with Crippen molar-refractivity contribution in [2.75, 3.05) is 56.8 Å². The van der Waals surface area contributed by atoms with Crippen LogP contribution in [-0.2, 0) is 0 Å². The van der Waals surface area contributed by atoms with E-state index in [4.69, 9.17) is 23.2 Å². The fourth-order valence-electron chi connectivity index (χ4n) is 2.53. The Bertz CT molecular complexity index is 817. The highest BCUT2D eigenvalue weighted by Crippen LogP contribution is 2.28. The summed E-state index contributed by atoms with van der Waals surface area (Å²) in [5.74, 6) is 0.905. The summed E-state index contributed by atoms with van der Waals surface area (Å²) in [4.78, 5) is 24.9. The second-order valence-electron chi connectivity index (χ2n) is 6.29. The number of hydrogen-bond acceptors (Lipinski definition) is 6. The van der Waals surface area contributed by atoms with Gasteiger partial charge in [0, 0.05) is 26.3 Å². The van der Waals surface area contributed by atoms with Crippen molar-refractivity contribution in [3.63, 3.8) is 0 Å². The van der Waals surface area contributed by atoms with Crippen LogP contribution in [0, 0.1) is 0 Å². The third kappa shape index (κ3) is 5.85. The predicted molar refractivity (Wildman–Crippen MR) is 116 cm³/mol. The lowest BCUT2D eigenvalue weighted by Crippen LogP contribution is -2.40. The van der Waals surface area contributed by atoms with Gasteiger partial charge in [-0.25, -0.2) is 9.78 Å². The van der Waals surface area contributed by atoms with Crippen LogP contribution in [-0.4, -0.2) is 62.2 Å². The Labute approximate surface area is 175 Å². The summed E-state index contributed by atoms with van der Waals surface area (Å²) >= 11 is 12.0. The molecule has 152 valence electrons. The number of carbonyl (C=O) groups is 1. The molecule has 0 radical (unpaired) electrons. The van der Waals surface area contributed by atoms with Crippen LogP contribution >= 0.6 is 23.2 Å². The monoisotopic (exact) mass is 425 g/mol. The minimum Gasteiger partial charge on any atom is -0.371 e. The van der Waals surface area contributed by atoms with Crippen LogP contribution in [0.5, 0.6) is 0 Å². The van der Waals surface area contributed by atoms with Crippen LogP contribution in [0.4, 0.5) is 27.9 Å². The maximum Gasteiger partial charge on any atom is 0.321 e. The van der Waals surface area contributed by atoms with E-state index < -0.39 is 0 Å². The van der Waals surface area contributed by atoms with Gasteiger partial charge in [0.2, 0.25) is 5.95 Å². The fourth-order valence-corrected chi connectivity index (χ4v) is 2.83. The number of halogens is 2. The van der Waals surface area contributed by atoms with E-state index in [0.717, 1.165) is 13.0 Å². The smallest absolute Gasteiger partial charge is 0.321 e. The Kier molecular flexibility index (Phi) is 8.10. The van der Waals surface area contributed by atoms with Gasteiger partial charge < -0.3 is 20.9 Å². The number of hydrogen-bond donors (Lipinski definition) is 3. The second-order valence-corrected chi connectivity index (χ2v) is 7.11. The first kappa shape index (κ1) is 22.0. The van der Waals surface area contributed by atoms with Crippen LogP contribution in [0.1, 0.15) is 6.42 Å². The van der Waals surface area contributed by atoms with E-state index >= 15 is 0 Å². The van der Waals surface area contributed by atoms with E-state index in [0.29, 0.717) is 39.7 Å². The van der Waals surface area contributed by atoms with Crippen molar-refractivity contribution in [2.45, 2.75) is 6.42 Å². The number of urea groups is 1. The van der Waals surface area contributed by atoms with Crippen molar-refractivity contribution < 1.29 is 4.79 Å². The molecule has 0 unspecified atom stereocenters. The Morgan fingerprint density at radius 1 is 1.14 bits per heavy atom. The molecule has 3 N–H and O–H groups in total. The van der Waals surface area contributed by atoms with E-state index in [2.05, 4.69) is 30.8 Å². The molecular weight excluding hydrogens is 401 g/mol. The molecule has 2 rings (SSSR count). The Balaban J connectivity index is 2.25. The maximum atomic E-state index is 12.4. The molecule has 2 aromatic rings. The first-order valence-electron chi connectivity index (χ1n) is 8.76. The highest BCUT2D eigenvalue weighted by molar-refractivity contribution is 6.42. The molecule has 8 nitrogen and oxygen atoms in total. The molecule has 0 fully saturated rings. The van der Waals surface area contributed by atoms with Crippen LogP contribution in [0.3, 0.4) is 0 Å². The quantitative estimate of drug-likeness (QED) is 0.598. The molecule has 2 amide bonds. The molecule has 0 spiro atoms. The van der Waals surface area contributed by atoms with Crippen molar-refractivity contribution in [1.82, 2.24) is 20.2 Å². The van der Waals surface area contributed by atoms with Crippen molar-refractivity contribution in [3.8, 4) is 0 Å². The van der Waals surface area contributed by atoms with E-state index in [1.165, 1.54) is 0 Å². The number of rotatable bonds is 8. The number of benzene rings is 1. The standard InChI is InChI=1S/C18H25Cl2N7O/c1-21-16-15(27(18(28)22-2)9-5-8-26(3)4)11-23-17(25-16)24-12-6-7-13(19)14(20)10-12/h6-7,10-11H,5,8-9H2,1-4H3,(H,22,28)(H2,21,23,24,25). The van der Waals surface area contributed by atoms with Gasteiger partial charge in [-0.3, -0.25) is 4.90 Å². The number of nitrogens with one attached hydrogen (secondary N) is 3. The number of nitrogens with zero attached hydrogens (tertiary/aromatic N) is 4. The van der Waals surface area contributed by atoms with E-state index in [1.807, 2.05) is 14.1 Å². The number of carbonyl (C=O) groups excluding carboxylic acids is 1. The summed E-state index contributed by atoms with van der Waals surface area (Å²) in [5, 5.41) is 9.68. The first-order valence-corrected chi connectivity index (χ1v) is 9.52. The van der Waals surface area contributed by atoms with Crippen LogP contribution in [0.15, 0.2) is 24.4 Å². The zero-order valence-electron chi connectivity index (χ0n) is 16.4. The Hall–Kier alpha value is -2.29. The van der Waals surface area contributed by atoms with Crippen molar-refractivity contribution in [2.24, 2.45) is 0 Å². The van der Waals surface area contributed by atoms with Crippen LogP contribution < -0.4 is 20.9 Å². The molecule has 0 aliphatic carbocycles. The fraction of sp³-hybridized carbons (Fsp3) is 0.389. The Morgan fingerprint density at radius 3 is 2.50 bits per heavy atom. The third-order valence-corrected chi connectivity index (χ3v) is 4.66. The van der Waals surface area contributed by atoms with E-state index in [-0.39, 0.29) is 6.03 Å². The average molecular weight is 426 g/mol. The summed E-state index contributed by atoms with van der Waals surface area (Å²) in [5.41, 5.74) is 1.30. The van der Waals surface area contributed by atoms with Crippen LogP contribution in [0.25, 0.3) is 0 Å². The molecule has 1 aromatic carbocycles. The van der Waals surface area contributed by atoms with Gasteiger partial charge in [-0.2, -0.15) is 4.98 Å². The molecular formula is C18H25Cl2N7O.